The first-order chi connectivity index (χ1) is 16.4. The minimum absolute atomic E-state index is 0.00972. The number of benzene rings is 1. The molecule has 0 saturated carbocycles. The van der Waals surface area contributed by atoms with Gasteiger partial charge >= 0.3 is 0 Å². The van der Waals surface area contributed by atoms with Gasteiger partial charge in [-0.25, -0.2) is 8.42 Å². The predicted octanol–water partition coefficient (Wildman–Crippen LogP) is 2.46. The molecule has 2 amide bonds. The number of methoxy groups -OCH3 is 1. The third kappa shape index (κ3) is 3.85. The molecule has 4 heterocycles. The Kier molecular flexibility index (Phi) is 5.84. The summed E-state index contributed by atoms with van der Waals surface area (Å²) < 4.78 is 33.6. The van der Waals surface area contributed by atoms with Crippen molar-refractivity contribution in [2.75, 3.05) is 38.2 Å². The summed E-state index contributed by atoms with van der Waals surface area (Å²) in [5.41, 5.74) is 1.34. The fourth-order valence-corrected chi connectivity index (χ4v) is 7.10. The molecule has 1 saturated heterocycles. The van der Waals surface area contributed by atoms with Crippen molar-refractivity contribution in [1.29, 1.82) is 0 Å². The Morgan fingerprint density at radius 3 is 2.47 bits per heavy atom. The number of anilines is 1. The molecule has 34 heavy (non-hydrogen) atoms. The van der Waals surface area contributed by atoms with Gasteiger partial charge in [-0.2, -0.15) is 4.31 Å². The number of nitrogens with zero attached hydrogens (tertiary/aromatic N) is 4. The number of para-hydroxylation sites is 2. The summed E-state index contributed by atoms with van der Waals surface area (Å²) in [4.78, 5) is 33.0. The van der Waals surface area contributed by atoms with Gasteiger partial charge in [0.05, 0.1) is 24.9 Å². The standard InChI is InChI=1S/C23H22N4O5S2/c1-32-19-7-3-2-6-18(19)25-11-13-26(14-12-25)34(30,31)20-9-8-16(33-20)15-27-22(28)17-5-4-10-24-21(17)23(27)29/h2-10H,11-15H2,1H3. The van der Waals surface area contributed by atoms with Crippen molar-refractivity contribution in [2.24, 2.45) is 0 Å². The highest BCUT2D eigenvalue weighted by Gasteiger charge is 2.37. The molecular formula is C23H22N4O5S2. The van der Waals surface area contributed by atoms with Crippen LogP contribution in [0.2, 0.25) is 0 Å². The highest BCUT2D eigenvalue weighted by molar-refractivity contribution is 7.91. The molecule has 0 atom stereocenters. The summed E-state index contributed by atoms with van der Waals surface area (Å²) in [6, 6.07) is 14.0. The molecule has 0 aliphatic carbocycles. The van der Waals surface area contributed by atoms with Crippen LogP contribution in [-0.4, -0.2) is 67.7 Å². The van der Waals surface area contributed by atoms with E-state index in [4.69, 9.17) is 4.74 Å². The molecule has 176 valence electrons. The molecular weight excluding hydrogens is 476 g/mol. The molecule has 9 nitrogen and oxygen atoms in total. The van der Waals surface area contributed by atoms with Gasteiger partial charge < -0.3 is 9.64 Å². The number of rotatable bonds is 6. The minimum atomic E-state index is -3.68. The second kappa shape index (κ2) is 8.82. The molecule has 5 rings (SSSR count). The quantitative estimate of drug-likeness (QED) is 0.481. The Hall–Kier alpha value is -3.28. The molecule has 2 aliphatic heterocycles. The molecule has 0 bridgehead atoms. The summed E-state index contributed by atoms with van der Waals surface area (Å²) in [5.74, 6) is -0.130. The number of piperazine rings is 1. The molecule has 2 aromatic heterocycles. The molecule has 3 aromatic rings. The van der Waals surface area contributed by atoms with Gasteiger partial charge in [0.2, 0.25) is 0 Å². The monoisotopic (exact) mass is 498 g/mol. The molecule has 11 heteroatoms. The van der Waals surface area contributed by atoms with Crippen LogP contribution in [0.15, 0.2) is 58.9 Å². The van der Waals surface area contributed by atoms with Crippen LogP contribution in [-0.2, 0) is 16.6 Å². The Morgan fingerprint density at radius 1 is 0.971 bits per heavy atom. The minimum Gasteiger partial charge on any atom is -0.495 e. The van der Waals surface area contributed by atoms with Crippen molar-refractivity contribution in [3.8, 4) is 5.75 Å². The van der Waals surface area contributed by atoms with Crippen molar-refractivity contribution < 1.29 is 22.7 Å². The number of hydrogen-bond donors (Lipinski definition) is 0. The zero-order valence-electron chi connectivity index (χ0n) is 18.4. The lowest BCUT2D eigenvalue weighted by Crippen LogP contribution is -2.48. The maximum atomic E-state index is 13.2. The van der Waals surface area contributed by atoms with Crippen LogP contribution in [0, 0.1) is 0 Å². The molecule has 0 N–H and O–H groups in total. The lowest BCUT2D eigenvalue weighted by molar-refractivity contribution is 0.0642. The lowest BCUT2D eigenvalue weighted by Gasteiger charge is -2.35. The Labute approximate surface area is 201 Å². The number of aromatic nitrogens is 1. The summed E-state index contributed by atoms with van der Waals surface area (Å²) in [5, 5.41) is 0. The maximum Gasteiger partial charge on any atom is 0.280 e. The van der Waals surface area contributed by atoms with E-state index in [0.717, 1.165) is 27.7 Å². The van der Waals surface area contributed by atoms with Gasteiger partial charge in [-0.1, -0.05) is 12.1 Å². The van der Waals surface area contributed by atoms with Gasteiger partial charge in [-0.3, -0.25) is 19.5 Å². The second-order valence-corrected chi connectivity index (χ2v) is 11.2. The van der Waals surface area contributed by atoms with Crippen LogP contribution in [0.1, 0.15) is 25.7 Å². The highest BCUT2D eigenvalue weighted by Crippen LogP contribution is 2.32. The highest BCUT2D eigenvalue weighted by atomic mass is 32.2. The smallest absolute Gasteiger partial charge is 0.280 e. The van der Waals surface area contributed by atoms with Crippen LogP contribution in [0.5, 0.6) is 5.75 Å². The van der Waals surface area contributed by atoms with E-state index >= 15 is 0 Å². The summed E-state index contributed by atoms with van der Waals surface area (Å²) in [6.45, 7) is 1.78. The first kappa shape index (κ1) is 22.5. The average molecular weight is 499 g/mol. The largest absolute Gasteiger partial charge is 0.495 e. The number of sulfonamides is 1. The van der Waals surface area contributed by atoms with Crippen molar-refractivity contribution >= 4 is 38.9 Å². The molecule has 0 unspecified atom stereocenters. The van der Waals surface area contributed by atoms with Crippen molar-refractivity contribution in [3.05, 3.63) is 70.9 Å². The first-order valence-electron chi connectivity index (χ1n) is 10.7. The van der Waals surface area contributed by atoms with E-state index in [0.29, 0.717) is 31.1 Å². The topological polar surface area (TPSA) is 100 Å². The maximum absolute atomic E-state index is 13.2. The molecule has 2 aliphatic rings. The van der Waals surface area contributed by atoms with E-state index in [1.807, 2.05) is 24.3 Å². The Morgan fingerprint density at radius 2 is 1.74 bits per heavy atom. The number of ether oxygens (including phenoxy) is 1. The average Bonchev–Trinajstić information content (AvgIpc) is 3.44. The van der Waals surface area contributed by atoms with Crippen LogP contribution in [0.25, 0.3) is 0 Å². The number of fused-ring (bicyclic) bond motifs is 1. The number of carbonyl (C=O) groups excluding carboxylic acids is 2. The summed E-state index contributed by atoms with van der Waals surface area (Å²) >= 11 is 1.08. The number of carbonyl (C=O) groups is 2. The van der Waals surface area contributed by atoms with E-state index in [-0.39, 0.29) is 22.0 Å². The summed E-state index contributed by atoms with van der Waals surface area (Å²) in [6.07, 6.45) is 1.47. The van der Waals surface area contributed by atoms with E-state index in [2.05, 4.69) is 9.88 Å². The SMILES string of the molecule is COc1ccccc1N1CCN(S(=O)(=O)c2ccc(CN3C(=O)c4cccnc4C3=O)s2)CC1. The molecule has 1 fully saturated rings. The van der Waals surface area contributed by atoms with Crippen LogP contribution < -0.4 is 9.64 Å². The first-order valence-corrected chi connectivity index (χ1v) is 12.9. The number of imide groups is 1. The van der Waals surface area contributed by atoms with Gasteiger partial charge in [-0.05, 0) is 36.4 Å². The Balaban J connectivity index is 1.27. The third-order valence-electron chi connectivity index (χ3n) is 5.94. The zero-order chi connectivity index (χ0) is 23.9. The summed E-state index contributed by atoms with van der Waals surface area (Å²) in [7, 11) is -2.07. The van der Waals surface area contributed by atoms with Gasteiger partial charge in [0.25, 0.3) is 21.8 Å². The van der Waals surface area contributed by atoms with Gasteiger partial charge in [0, 0.05) is 37.3 Å². The predicted molar refractivity (Wildman–Crippen MR) is 127 cm³/mol. The number of thiophene rings is 1. The van der Waals surface area contributed by atoms with Crippen molar-refractivity contribution in [1.82, 2.24) is 14.2 Å². The van der Waals surface area contributed by atoms with Gasteiger partial charge in [0.1, 0.15) is 15.7 Å². The molecule has 0 radical (unpaired) electrons. The zero-order valence-corrected chi connectivity index (χ0v) is 20.0. The number of pyridine rings is 1. The fraction of sp³-hybridized carbons (Fsp3) is 0.261. The number of hydrogen-bond acceptors (Lipinski definition) is 8. The number of amides is 2. The Bertz CT molecular complexity index is 1330. The second-order valence-electron chi connectivity index (χ2n) is 7.88. The lowest BCUT2D eigenvalue weighted by atomic mass is 10.2. The van der Waals surface area contributed by atoms with Crippen LogP contribution >= 0.6 is 11.3 Å². The van der Waals surface area contributed by atoms with E-state index in [1.54, 1.807) is 31.4 Å². The third-order valence-corrected chi connectivity index (χ3v) is 9.38. The van der Waals surface area contributed by atoms with E-state index in [1.165, 1.54) is 10.5 Å². The normalized spacial score (nSPS) is 16.7. The van der Waals surface area contributed by atoms with E-state index in [9.17, 15) is 18.0 Å². The van der Waals surface area contributed by atoms with Crippen LogP contribution in [0.3, 0.4) is 0 Å². The van der Waals surface area contributed by atoms with Gasteiger partial charge in [-0.15, -0.1) is 11.3 Å². The fourth-order valence-electron chi connectivity index (χ4n) is 4.18. The van der Waals surface area contributed by atoms with Crippen molar-refractivity contribution in [2.45, 2.75) is 10.8 Å². The van der Waals surface area contributed by atoms with Crippen molar-refractivity contribution in [3.63, 3.8) is 0 Å². The van der Waals surface area contributed by atoms with Gasteiger partial charge in [0.15, 0.2) is 0 Å². The molecule has 1 aromatic carbocycles. The van der Waals surface area contributed by atoms with Crippen LogP contribution in [0.4, 0.5) is 5.69 Å². The molecule has 0 spiro atoms. The van der Waals surface area contributed by atoms with E-state index < -0.39 is 21.8 Å².